The Labute approximate surface area is 158 Å². The van der Waals surface area contributed by atoms with E-state index in [0.29, 0.717) is 6.61 Å². The fourth-order valence-corrected chi connectivity index (χ4v) is 6.60. The quantitative estimate of drug-likeness (QED) is 0.405. The van der Waals surface area contributed by atoms with Gasteiger partial charge < -0.3 is 5.11 Å². The van der Waals surface area contributed by atoms with Crippen LogP contribution in [0.4, 0.5) is 0 Å². The van der Waals surface area contributed by atoms with E-state index < -0.39 is 0 Å². The average molecular weight is 372 g/mol. The minimum atomic E-state index is 0.0648. The molecule has 0 fully saturated rings. The van der Waals surface area contributed by atoms with E-state index in [9.17, 15) is 0 Å². The van der Waals surface area contributed by atoms with Crippen molar-refractivity contribution in [2.45, 2.75) is 64.5 Å². The van der Waals surface area contributed by atoms with Crippen LogP contribution in [-0.4, -0.2) is 11.7 Å². The fourth-order valence-electron chi connectivity index (χ4n) is 3.06. The second-order valence-corrected chi connectivity index (χ2v) is 9.25. The average Bonchev–Trinajstić information content (AvgIpc) is 2.66. The molecule has 0 atom stereocenters. The Morgan fingerprint density at radius 3 is 1.96 bits per heavy atom. The SMILES string of the molecule is OCCCCCCCCC=C[S+]1c2ccccc2Sc2ccccc21. The van der Waals surface area contributed by atoms with E-state index in [0.717, 1.165) is 6.42 Å². The lowest BCUT2D eigenvalue weighted by molar-refractivity contribution is 0.282. The highest BCUT2D eigenvalue weighted by molar-refractivity contribution is 8.05. The van der Waals surface area contributed by atoms with Crippen molar-refractivity contribution in [2.24, 2.45) is 0 Å². The van der Waals surface area contributed by atoms with Crippen molar-refractivity contribution in [3.05, 3.63) is 60.0 Å². The number of hydrogen-bond donors (Lipinski definition) is 1. The largest absolute Gasteiger partial charge is 0.396 e. The van der Waals surface area contributed by atoms with Gasteiger partial charge in [0.1, 0.15) is 5.41 Å². The van der Waals surface area contributed by atoms with Crippen molar-refractivity contribution in [3.63, 3.8) is 0 Å². The van der Waals surface area contributed by atoms with Crippen molar-refractivity contribution in [3.8, 4) is 0 Å². The first-order valence-electron chi connectivity index (χ1n) is 9.26. The second kappa shape index (κ2) is 10.1. The lowest BCUT2D eigenvalue weighted by atomic mass is 10.1. The molecule has 1 nitrogen and oxygen atoms in total. The number of unbranched alkanes of at least 4 members (excludes halogenated alkanes) is 6. The fraction of sp³-hybridized carbons (Fsp3) is 0.364. The number of rotatable bonds is 9. The van der Waals surface area contributed by atoms with Gasteiger partial charge in [0.25, 0.3) is 0 Å². The van der Waals surface area contributed by atoms with E-state index in [-0.39, 0.29) is 10.9 Å². The van der Waals surface area contributed by atoms with Gasteiger partial charge in [0.05, 0.1) is 20.7 Å². The standard InChI is InChI=1S/C22H27OS2/c23-17-11-5-3-1-2-4-6-12-18-25-21-15-9-7-13-19(21)24-20-14-8-10-16-22(20)25/h7-10,12-16,18,23H,1-6,11,17H2/q+1. The topological polar surface area (TPSA) is 20.2 Å². The summed E-state index contributed by atoms with van der Waals surface area (Å²) in [6.45, 7) is 0.340. The minimum Gasteiger partial charge on any atom is -0.396 e. The van der Waals surface area contributed by atoms with Gasteiger partial charge in [0.15, 0.2) is 9.79 Å². The molecule has 1 heterocycles. The van der Waals surface area contributed by atoms with Gasteiger partial charge in [-0.3, -0.25) is 0 Å². The molecule has 0 bridgehead atoms. The van der Waals surface area contributed by atoms with E-state index in [1.54, 1.807) is 0 Å². The lowest BCUT2D eigenvalue weighted by Gasteiger charge is -2.16. The third-order valence-corrected chi connectivity index (χ3v) is 7.94. The van der Waals surface area contributed by atoms with Gasteiger partial charge in [-0.25, -0.2) is 0 Å². The molecule has 0 saturated heterocycles. The summed E-state index contributed by atoms with van der Waals surface area (Å²) in [5, 5.41) is 11.2. The zero-order chi connectivity index (χ0) is 17.3. The molecule has 0 aromatic heterocycles. The van der Waals surface area contributed by atoms with Gasteiger partial charge in [0, 0.05) is 6.61 Å². The molecule has 0 spiro atoms. The first kappa shape index (κ1) is 18.6. The molecule has 1 aliphatic heterocycles. The Hall–Kier alpha value is -1.16. The highest BCUT2D eigenvalue weighted by Gasteiger charge is 2.33. The third kappa shape index (κ3) is 5.16. The number of allylic oxidation sites excluding steroid dienone is 1. The summed E-state index contributed by atoms with van der Waals surface area (Å²) < 4.78 is 0. The molecule has 0 saturated carbocycles. The van der Waals surface area contributed by atoms with Crippen molar-refractivity contribution in [1.29, 1.82) is 0 Å². The van der Waals surface area contributed by atoms with Gasteiger partial charge >= 0.3 is 0 Å². The van der Waals surface area contributed by atoms with Crippen LogP contribution in [0.5, 0.6) is 0 Å². The van der Waals surface area contributed by atoms with Gasteiger partial charge in [-0.15, -0.1) is 0 Å². The Balaban J connectivity index is 1.57. The summed E-state index contributed by atoms with van der Waals surface area (Å²) >= 11 is 1.90. The molecule has 0 amide bonds. The molecule has 0 unspecified atom stereocenters. The first-order valence-corrected chi connectivity index (χ1v) is 11.4. The molecule has 0 aliphatic carbocycles. The predicted molar refractivity (Wildman–Crippen MR) is 109 cm³/mol. The second-order valence-electron chi connectivity index (χ2n) is 6.34. The van der Waals surface area contributed by atoms with Crippen LogP contribution in [0.25, 0.3) is 0 Å². The van der Waals surface area contributed by atoms with Crippen molar-refractivity contribution in [1.82, 2.24) is 0 Å². The van der Waals surface area contributed by atoms with E-state index in [1.807, 2.05) is 11.8 Å². The van der Waals surface area contributed by atoms with Crippen LogP contribution in [0.2, 0.25) is 0 Å². The molecule has 2 aromatic rings. The van der Waals surface area contributed by atoms with Gasteiger partial charge in [-0.1, -0.05) is 61.7 Å². The number of aliphatic hydroxyl groups is 1. The molecule has 1 aliphatic rings. The summed E-state index contributed by atoms with van der Waals surface area (Å²) in [4.78, 5) is 5.73. The molecule has 3 heteroatoms. The maximum absolute atomic E-state index is 8.79. The van der Waals surface area contributed by atoms with Gasteiger partial charge in [0.2, 0.25) is 0 Å². The Bertz CT molecular complexity index is 650. The summed E-state index contributed by atoms with van der Waals surface area (Å²) in [6.07, 6.45) is 10.8. The number of fused-ring (bicyclic) bond motifs is 2. The lowest BCUT2D eigenvalue weighted by Crippen LogP contribution is -2.07. The molecular weight excluding hydrogens is 344 g/mol. The van der Waals surface area contributed by atoms with E-state index in [2.05, 4.69) is 60.0 Å². The number of aliphatic hydroxyl groups excluding tert-OH is 1. The monoisotopic (exact) mass is 371 g/mol. The highest BCUT2D eigenvalue weighted by Crippen LogP contribution is 2.45. The molecule has 1 N–H and O–H groups in total. The van der Waals surface area contributed by atoms with Crippen molar-refractivity contribution >= 4 is 22.7 Å². The Kier molecular flexibility index (Phi) is 7.53. The Morgan fingerprint density at radius 1 is 0.760 bits per heavy atom. The van der Waals surface area contributed by atoms with Crippen LogP contribution in [0.15, 0.2) is 79.6 Å². The summed E-state index contributed by atoms with van der Waals surface area (Å²) in [6, 6.07) is 17.7. The van der Waals surface area contributed by atoms with Crippen molar-refractivity contribution in [2.75, 3.05) is 6.61 Å². The Morgan fingerprint density at radius 2 is 1.32 bits per heavy atom. The zero-order valence-corrected chi connectivity index (χ0v) is 16.3. The molecule has 25 heavy (non-hydrogen) atoms. The van der Waals surface area contributed by atoms with Gasteiger partial charge in [-0.2, -0.15) is 0 Å². The van der Waals surface area contributed by atoms with E-state index >= 15 is 0 Å². The van der Waals surface area contributed by atoms with Crippen LogP contribution < -0.4 is 0 Å². The summed E-state index contributed by atoms with van der Waals surface area (Å²) in [5.41, 5.74) is 0. The third-order valence-electron chi connectivity index (χ3n) is 4.40. The molecule has 3 rings (SSSR count). The van der Waals surface area contributed by atoms with Crippen LogP contribution in [0.1, 0.15) is 44.9 Å². The maximum atomic E-state index is 8.79. The normalized spacial score (nSPS) is 13.8. The number of benzene rings is 2. The van der Waals surface area contributed by atoms with Gasteiger partial charge in [-0.05, 0) is 49.6 Å². The minimum absolute atomic E-state index is 0.0648. The summed E-state index contributed by atoms with van der Waals surface area (Å²) in [5.74, 6) is 0. The van der Waals surface area contributed by atoms with Crippen LogP contribution >= 0.6 is 11.8 Å². The van der Waals surface area contributed by atoms with E-state index in [4.69, 9.17) is 5.11 Å². The molecular formula is C22H27OS2+. The molecule has 0 radical (unpaired) electrons. The van der Waals surface area contributed by atoms with E-state index in [1.165, 1.54) is 58.1 Å². The predicted octanol–water partition coefficient (Wildman–Crippen LogP) is 6.42. The summed E-state index contributed by atoms with van der Waals surface area (Å²) in [7, 11) is 0.0648. The smallest absolute Gasteiger partial charge is 0.179 e. The first-order chi connectivity index (χ1) is 12.4. The maximum Gasteiger partial charge on any atom is 0.179 e. The highest BCUT2D eigenvalue weighted by atomic mass is 32.2. The number of hydrogen-bond acceptors (Lipinski definition) is 2. The zero-order valence-electron chi connectivity index (χ0n) is 14.7. The molecule has 2 aromatic carbocycles. The molecule has 132 valence electrons. The van der Waals surface area contributed by atoms with Crippen LogP contribution in [0, 0.1) is 0 Å². The van der Waals surface area contributed by atoms with Crippen molar-refractivity contribution < 1.29 is 5.11 Å². The van der Waals surface area contributed by atoms with Crippen LogP contribution in [0.3, 0.4) is 0 Å². The van der Waals surface area contributed by atoms with Crippen LogP contribution in [-0.2, 0) is 10.9 Å².